The van der Waals surface area contributed by atoms with Gasteiger partial charge in [0, 0.05) is 16.9 Å². The fourth-order valence-electron chi connectivity index (χ4n) is 4.40. The molecule has 4 aromatic rings. The lowest BCUT2D eigenvalue weighted by Gasteiger charge is -2.24. The minimum Gasteiger partial charge on any atom is -0.465 e. The van der Waals surface area contributed by atoms with Crippen LogP contribution in [0.3, 0.4) is 0 Å². The number of carbonyl (C=O) groups excluding carboxylic acids is 2. The maximum atomic E-state index is 13.9. The SMILES string of the molecule is COC(=O)c1cc2cc(NC(=O)CN(Cc3ccccc3)S(=O)(=O)c3c(C)cc(C)cc3C)ccc2s1. The number of aryl methyl sites for hydroxylation is 3. The highest BCUT2D eigenvalue weighted by atomic mass is 32.2. The van der Waals surface area contributed by atoms with Crippen molar-refractivity contribution in [2.24, 2.45) is 0 Å². The fraction of sp³-hybridized carbons (Fsp3) is 0.214. The molecule has 9 heteroatoms. The number of hydrogen-bond donors (Lipinski definition) is 1. The molecule has 0 fully saturated rings. The highest BCUT2D eigenvalue weighted by molar-refractivity contribution is 7.89. The van der Waals surface area contributed by atoms with Crippen LogP contribution >= 0.6 is 11.3 Å². The van der Waals surface area contributed by atoms with E-state index in [0.717, 1.165) is 21.2 Å². The van der Waals surface area contributed by atoms with Crippen molar-refractivity contribution in [1.82, 2.24) is 4.31 Å². The Morgan fingerprint density at radius 1 is 0.946 bits per heavy atom. The van der Waals surface area contributed by atoms with Crippen molar-refractivity contribution in [3.05, 3.63) is 93.9 Å². The number of benzene rings is 3. The number of hydrogen-bond acceptors (Lipinski definition) is 6. The molecule has 0 saturated heterocycles. The molecule has 0 aliphatic rings. The second-order valence-electron chi connectivity index (χ2n) is 8.89. The molecule has 0 bridgehead atoms. The largest absolute Gasteiger partial charge is 0.465 e. The number of anilines is 1. The van der Waals surface area contributed by atoms with Gasteiger partial charge in [-0.05, 0) is 67.1 Å². The Hall–Kier alpha value is -3.53. The minimum atomic E-state index is -3.99. The van der Waals surface area contributed by atoms with Crippen molar-refractivity contribution in [2.45, 2.75) is 32.2 Å². The number of fused-ring (bicyclic) bond motifs is 1. The molecule has 0 spiro atoms. The average Bonchev–Trinajstić information content (AvgIpc) is 3.26. The van der Waals surface area contributed by atoms with Crippen molar-refractivity contribution in [3.8, 4) is 0 Å². The van der Waals surface area contributed by atoms with Crippen molar-refractivity contribution in [1.29, 1.82) is 0 Å². The molecule has 1 N–H and O–H groups in total. The minimum absolute atomic E-state index is 0.0510. The molecule has 0 aliphatic heterocycles. The van der Waals surface area contributed by atoms with E-state index in [9.17, 15) is 18.0 Å². The third-order valence-electron chi connectivity index (χ3n) is 5.91. The van der Waals surface area contributed by atoms with E-state index in [1.807, 2.05) is 49.4 Å². The quantitative estimate of drug-likeness (QED) is 0.303. The molecular formula is C28H28N2O5S2. The lowest BCUT2D eigenvalue weighted by molar-refractivity contribution is -0.116. The summed E-state index contributed by atoms with van der Waals surface area (Å²) < 4.78 is 34.6. The van der Waals surface area contributed by atoms with Crippen LogP contribution < -0.4 is 5.32 Å². The van der Waals surface area contributed by atoms with Crippen LogP contribution in [-0.2, 0) is 26.1 Å². The second kappa shape index (κ2) is 10.8. The first-order valence-electron chi connectivity index (χ1n) is 11.6. The van der Waals surface area contributed by atoms with Gasteiger partial charge in [-0.3, -0.25) is 4.79 Å². The molecule has 1 aromatic heterocycles. The summed E-state index contributed by atoms with van der Waals surface area (Å²) in [7, 11) is -2.66. The summed E-state index contributed by atoms with van der Waals surface area (Å²) in [6.45, 7) is 5.15. The van der Waals surface area contributed by atoms with Gasteiger partial charge in [0.05, 0.1) is 18.6 Å². The normalized spacial score (nSPS) is 11.6. The Morgan fingerprint density at radius 3 is 2.27 bits per heavy atom. The Kier molecular flexibility index (Phi) is 7.77. The molecule has 7 nitrogen and oxygen atoms in total. The zero-order valence-electron chi connectivity index (χ0n) is 21.1. The number of esters is 1. The van der Waals surface area contributed by atoms with Gasteiger partial charge in [0.1, 0.15) is 4.88 Å². The molecule has 4 rings (SSSR count). The predicted molar refractivity (Wildman–Crippen MR) is 146 cm³/mol. The first kappa shape index (κ1) is 26.5. The summed E-state index contributed by atoms with van der Waals surface area (Å²) in [6.07, 6.45) is 0. The van der Waals surface area contributed by atoms with E-state index < -0.39 is 21.9 Å². The monoisotopic (exact) mass is 536 g/mol. The number of thiophene rings is 1. The van der Waals surface area contributed by atoms with Gasteiger partial charge >= 0.3 is 5.97 Å². The first-order valence-corrected chi connectivity index (χ1v) is 13.9. The summed E-state index contributed by atoms with van der Waals surface area (Å²) in [5.41, 5.74) is 3.53. The number of carbonyl (C=O) groups is 2. The maximum Gasteiger partial charge on any atom is 0.348 e. The van der Waals surface area contributed by atoms with E-state index in [0.29, 0.717) is 21.7 Å². The molecule has 37 heavy (non-hydrogen) atoms. The molecule has 0 atom stereocenters. The van der Waals surface area contributed by atoms with Crippen molar-refractivity contribution < 1.29 is 22.7 Å². The van der Waals surface area contributed by atoms with Gasteiger partial charge in [0.25, 0.3) is 0 Å². The highest BCUT2D eigenvalue weighted by Gasteiger charge is 2.30. The van der Waals surface area contributed by atoms with Crippen LogP contribution in [0.25, 0.3) is 10.1 Å². The summed E-state index contributed by atoms with van der Waals surface area (Å²) in [6, 6.07) is 19.8. The van der Waals surface area contributed by atoms with Crippen LogP contribution in [0.1, 0.15) is 31.9 Å². The summed E-state index contributed by atoms with van der Waals surface area (Å²) in [5, 5.41) is 3.59. The van der Waals surface area contributed by atoms with Crippen molar-refractivity contribution >= 4 is 49.0 Å². The predicted octanol–water partition coefficient (Wildman–Crippen LogP) is 5.44. The molecule has 0 radical (unpaired) electrons. The van der Waals surface area contributed by atoms with Crippen LogP contribution in [0, 0.1) is 20.8 Å². The standard InChI is InChI=1S/C28H28N2O5S2/c1-18-12-19(2)27(20(3)13-18)37(33,34)30(16-21-8-6-5-7-9-21)17-26(31)29-23-10-11-24-22(14-23)15-25(36-24)28(32)35-4/h5-15H,16-17H2,1-4H3,(H,29,31). The zero-order valence-corrected chi connectivity index (χ0v) is 22.7. The third-order valence-corrected chi connectivity index (χ3v) is 9.10. The number of amides is 1. The zero-order chi connectivity index (χ0) is 26.7. The van der Waals surface area contributed by atoms with E-state index >= 15 is 0 Å². The van der Waals surface area contributed by atoms with Crippen LogP contribution in [0.15, 0.2) is 71.6 Å². The van der Waals surface area contributed by atoms with Gasteiger partial charge in [0.2, 0.25) is 15.9 Å². The lowest BCUT2D eigenvalue weighted by Crippen LogP contribution is -2.38. The van der Waals surface area contributed by atoms with Gasteiger partial charge in [-0.15, -0.1) is 11.3 Å². The molecule has 1 heterocycles. The number of methoxy groups -OCH3 is 1. The Balaban J connectivity index is 1.62. The van der Waals surface area contributed by atoms with Crippen LogP contribution in [0.5, 0.6) is 0 Å². The topological polar surface area (TPSA) is 92.8 Å². The molecule has 3 aromatic carbocycles. The van der Waals surface area contributed by atoms with E-state index in [1.165, 1.54) is 22.8 Å². The third kappa shape index (κ3) is 5.90. The summed E-state index contributed by atoms with van der Waals surface area (Å²) >= 11 is 1.30. The van der Waals surface area contributed by atoms with Gasteiger partial charge in [0.15, 0.2) is 0 Å². The second-order valence-corrected chi connectivity index (χ2v) is 11.8. The number of ether oxygens (including phenoxy) is 1. The average molecular weight is 537 g/mol. The summed E-state index contributed by atoms with van der Waals surface area (Å²) in [5.74, 6) is -0.889. The fourth-order valence-corrected chi connectivity index (χ4v) is 7.16. The summed E-state index contributed by atoms with van der Waals surface area (Å²) in [4.78, 5) is 25.7. The Morgan fingerprint density at radius 2 is 1.62 bits per heavy atom. The molecule has 0 aliphatic carbocycles. The van der Waals surface area contributed by atoms with Crippen LogP contribution in [0.2, 0.25) is 0 Å². The molecule has 0 saturated carbocycles. The molecule has 0 unspecified atom stereocenters. The van der Waals surface area contributed by atoms with E-state index in [-0.39, 0.29) is 18.0 Å². The maximum absolute atomic E-state index is 13.9. The van der Waals surface area contributed by atoms with Gasteiger partial charge in [-0.2, -0.15) is 4.31 Å². The van der Waals surface area contributed by atoms with E-state index in [1.54, 1.807) is 38.1 Å². The van der Waals surface area contributed by atoms with Gasteiger partial charge in [-0.25, -0.2) is 13.2 Å². The molecule has 192 valence electrons. The highest BCUT2D eigenvalue weighted by Crippen LogP contribution is 2.29. The van der Waals surface area contributed by atoms with Crippen molar-refractivity contribution in [3.63, 3.8) is 0 Å². The van der Waals surface area contributed by atoms with Crippen LogP contribution in [0.4, 0.5) is 5.69 Å². The first-order chi connectivity index (χ1) is 17.6. The van der Waals surface area contributed by atoms with E-state index in [4.69, 9.17) is 4.74 Å². The smallest absolute Gasteiger partial charge is 0.348 e. The van der Waals surface area contributed by atoms with Crippen molar-refractivity contribution in [2.75, 3.05) is 19.0 Å². The lowest BCUT2D eigenvalue weighted by atomic mass is 10.1. The van der Waals surface area contributed by atoms with Crippen LogP contribution in [-0.4, -0.2) is 38.3 Å². The Labute approximate surface area is 220 Å². The number of rotatable bonds is 8. The van der Waals surface area contributed by atoms with Gasteiger partial charge < -0.3 is 10.1 Å². The molecule has 1 amide bonds. The Bertz CT molecular complexity index is 1550. The number of sulfonamides is 1. The molecular weight excluding hydrogens is 508 g/mol. The number of nitrogens with one attached hydrogen (secondary N) is 1. The van der Waals surface area contributed by atoms with Gasteiger partial charge in [-0.1, -0.05) is 48.0 Å². The number of nitrogens with zero attached hydrogens (tertiary/aromatic N) is 1. The van der Waals surface area contributed by atoms with E-state index in [2.05, 4.69) is 5.32 Å².